The van der Waals surface area contributed by atoms with Gasteiger partial charge in [-0.25, -0.2) is 0 Å². The van der Waals surface area contributed by atoms with E-state index in [1.165, 1.54) is 0 Å². The minimum absolute atomic E-state index is 0.426. The number of furan rings is 1. The molecular weight excluding hydrogens is 320 g/mol. The Hall–Kier alpha value is -2.00. The summed E-state index contributed by atoms with van der Waals surface area (Å²) in [6.45, 7) is 7.12. The van der Waals surface area contributed by atoms with Gasteiger partial charge < -0.3 is 15.1 Å². The molecule has 0 aliphatic heterocycles. The van der Waals surface area contributed by atoms with Crippen molar-refractivity contribution in [1.82, 2.24) is 21.5 Å². The summed E-state index contributed by atoms with van der Waals surface area (Å²) in [5, 5.41) is 15.2. The summed E-state index contributed by atoms with van der Waals surface area (Å²) in [4.78, 5) is 0. The van der Waals surface area contributed by atoms with Gasteiger partial charge in [-0.05, 0) is 57.3 Å². The Morgan fingerprint density at radius 2 is 1.68 bits per heavy atom. The fourth-order valence-corrected chi connectivity index (χ4v) is 1.80. The monoisotopic (exact) mass is 340 g/mol. The number of nitrogens with zero attached hydrogens (tertiary/aromatic N) is 2. The minimum Gasteiger partial charge on any atom is -0.463 e. The Kier molecular flexibility index (Phi) is 8.08. The van der Waals surface area contributed by atoms with Crippen LogP contribution in [0.15, 0.2) is 33.0 Å². The van der Waals surface area contributed by atoms with Crippen molar-refractivity contribution in [3.05, 3.63) is 24.2 Å². The topological polar surface area (TPSA) is 86.0 Å². The molecular formula is C13H20N6OS2. The Balaban J connectivity index is 2.86. The molecule has 0 fully saturated rings. The van der Waals surface area contributed by atoms with Gasteiger partial charge in [-0.1, -0.05) is 0 Å². The number of hydrogen-bond acceptors (Lipinski definition) is 5. The van der Waals surface area contributed by atoms with Gasteiger partial charge in [0.2, 0.25) is 0 Å². The van der Waals surface area contributed by atoms with Gasteiger partial charge in [-0.15, -0.1) is 0 Å². The zero-order valence-corrected chi connectivity index (χ0v) is 14.4. The van der Waals surface area contributed by atoms with Crippen LogP contribution in [0.25, 0.3) is 0 Å². The molecule has 0 unspecified atom stereocenters. The largest absolute Gasteiger partial charge is 0.463 e. The summed E-state index contributed by atoms with van der Waals surface area (Å²) in [5.41, 5.74) is 6.63. The molecule has 4 N–H and O–H groups in total. The van der Waals surface area contributed by atoms with E-state index in [1.807, 2.05) is 13.8 Å². The molecule has 0 radical (unpaired) electrons. The molecule has 0 atom stereocenters. The van der Waals surface area contributed by atoms with Gasteiger partial charge in [0.15, 0.2) is 16.0 Å². The first-order valence-electron chi connectivity index (χ1n) is 6.82. The van der Waals surface area contributed by atoms with E-state index >= 15 is 0 Å². The molecule has 1 heterocycles. The van der Waals surface area contributed by atoms with Crippen molar-refractivity contribution < 1.29 is 4.42 Å². The maximum Gasteiger partial charge on any atom is 0.186 e. The quantitative estimate of drug-likeness (QED) is 0.353. The molecule has 22 heavy (non-hydrogen) atoms. The molecule has 0 aliphatic carbocycles. The van der Waals surface area contributed by atoms with Gasteiger partial charge in [0.25, 0.3) is 0 Å². The molecule has 0 saturated carbocycles. The molecule has 0 saturated heterocycles. The summed E-state index contributed by atoms with van der Waals surface area (Å²) in [6, 6.07) is 3.57. The van der Waals surface area contributed by atoms with Crippen LogP contribution in [-0.4, -0.2) is 34.7 Å². The molecule has 0 amide bonds. The van der Waals surface area contributed by atoms with Crippen LogP contribution in [0, 0.1) is 0 Å². The van der Waals surface area contributed by atoms with Crippen molar-refractivity contribution in [3.63, 3.8) is 0 Å². The summed E-state index contributed by atoms with van der Waals surface area (Å²) in [6.07, 6.45) is 1.57. The Labute approximate surface area is 140 Å². The first-order chi connectivity index (χ1) is 10.6. The van der Waals surface area contributed by atoms with Crippen molar-refractivity contribution in [2.75, 3.05) is 13.1 Å². The van der Waals surface area contributed by atoms with E-state index in [0.29, 0.717) is 34.0 Å². The van der Waals surface area contributed by atoms with Gasteiger partial charge in [0, 0.05) is 13.1 Å². The van der Waals surface area contributed by atoms with Gasteiger partial charge >= 0.3 is 0 Å². The standard InChI is InChI=1S/C13H20N6OS2/c1-4-14-12(21)18-16-9(3)11(10-7-6-8-20-10)17-19-13(22)15-5-2/h6-8H,4-5H2,1-3H3,(H2,14,18,21)(H2,15,19,22)/b16-9+,17-11-. The molecule has 1 aromatic heterocycles. The molecule has 120 valence electrons. The lowest BCUT2D eigenvalue weighted by atomic mass is 10.2. The summed E-state index contributed by atoms with van der Waals surface area (Å²) < 4.78 is 5.37. The van der Waals surface area contributed by atoms with Gasteiger partial charge in [-0.3, -0.25) is 10.9 Å². The van der Waals surface area contributed by atoms with Crippen LogP contribution >= 0.6 is 24.4 Å². The number of rotatable bonds is 6. The van der Waals surface area contributed by atoms with E-state index in [1.54, 1.807) is 25.3 Å². The van der Waals surface area contributed by atoms with E-state index in [4.69, 9.17) is 28.9 Å². The van der Waals surface area contributed by atoms with E-state index in [9.17, 15) is 0 Å². The smallest absolute Gasteiger partial charge is 0.186 e. The van der Waals surface area contributed by atoms with E-state index in [-0.39, 0.29) is 0 Å². The van der Waals surface area contributed by atoms with E-state index < -0.39 is 0 Å². The third-order valence-electron chi connectivity index (χ3n) is 2.37. The SMILES string of the molecule is CCNC(=S)N/N=C(/C(C)=N/NC(=S)NCC)c1ccco1. The fraction of sp³-hybridized carbons (Fsp3) is 0.385. The zero-order chi connectivity index (χ0) is 16.4. The molecule has 0 aliphatic rings. The molecule has 0 aromatic carbocycles. The number of hydrogen-bond donors (Lipinski definition) is 4. The van der Waals surface area contributed by atoms with Gasteiger partial charge in [0.1, 0.15) is 5.71 Å². The highest BCUT2D eigenvalue weighted by Crippen LogP contribution is 2.04. The van der Waals surface area contributed by atoms with Crippen LogP contribution in [0.1, 0.15) is 26.5 Å². The first kappa shape index (κ1) is 18.1. The summed E-state index contributed by atoms with van der Waals surface area (Å²) >= 11 is 10.1. The predicted molar refractivity (Wildman–Crippen MR) is 97.2 cm³/mol. The average Bonchev–Trinajstić information content (AvgIpc) is 3.00. The Bertz CT molecular complexity index is 553. The van der Waals surface area contributed by atoms with Crippen LogP contribution in [0.2, 0.25) is 0 Å². The Morgan fingerprint density at radius 1 is 1.09 bits per heavy atom. The maximum absolute atomic E-state index is 5.37. The lowest BCUT2D eigenvalue weighted by Crippen LogP contribution is -2.34. The first-order valence-corrected chi connectivity index (χ1v) is 7.64. The van der Waals surface area contributed by atoms with Crippen molar-refractivity contribution in [1.29, 1.82) is 0 Å². The molecule has 9 heteroatoms. The lowest BCUT2D eigenvalue weighted by molar-refractivity contribution is 0.558. The highest BCUT2D eigenvalue weighted by Gasteiger charge is 2.11. The second-order valence-electron chi connectivity index (χ2n) is 4.08. The molecule has 0 bridgehead atoms. The third-order valence-corrected chi connectivity index (χ3v) is 2.84. The van der Waals surface area contributed by atoms with Gasteiger partial charge in [-0.2, -0.15) is 10.2 Å². The number of hydrazone groups is 2. The summed E-state index contributed by atoms with van der Waals surface area (Å²) in [5.74, 6) is 0.573. The maximum atomic E-state index is 5.37. The van der Waals surface area contributed by atoms with E-state index in [2.05, 4.69) is 31.7 Å². The van der Waals surface area contributed by atoms with E-state index in [0.717, 1.165) is 6.54 Å². The van der Waals surface area contributed by atoms with Crippen molar-refractivity contribution in [2.24, 2.45) is 10.2 Å². The van der Waals surface area contributed by atoms with Crippen LogP contribution < -0.4 is 21.5 Å². The molecule has 1 rings (SSSR count). The normalized spacial score (nSPS) is 11.8. The zero-order valence-electron chi connectivity index (χ0n) is 12.8. The Morgan fingerprint density at radius 3 is 2.18 bits per heavy atom. The minimum atomic E-state index is 0.426. The van der Waals surface area contributed by atoms with Crippen LogP contribution in [-0.2, 0) is 0 Å². The number of nitrogens with one attached hydrogen (secondary N) is 4. The van der Waals surface area contributed by atoms with Crippen molar-refractivity contribution >= 4 is 46.1 Å². The highest BCUT2D eigenvalue weighted by molar-refractivity contribution is 7.80. The van der Waals surface area contributed by atoms with Crippen LogP contribution in [0.4, 0.5) is 0 Å². The molecule has 1 aromatic rings. The van der Waals surface area contributed by atoms with Crippen LogP contribution in [0.5, 0.6) is 0 Å². The lowest BCUT2D eigenvalue weighted by Gasteiger charge is -2.08. The predicted octanol–water partition coefficient (Wildman–Crippen LogP) is 1.33. The summed E-state index contributed by atoms with van der Waals surface area (Å²) in [7, 11) is 0. The average molecular weight is 340 g/mol. The van der Waals surface area contributed by atoms with Crippen LogP contribution in [0.3, 0.4) is 0 Å². The second kappa shape index (κ2) is 9.85. The molecule has 0 spiro atoms. The van der Waals surface area contributed by atoms with Crippen molar-refractivity contribution in [3.8, 4) is 0 Å². The van der Waals surface area contributed by atoms with Crippen molar-refractivity contribution in [2.45, 2.75) is 20.8 Å². The second-order valence-corrected chi connectivity index (χ2v) is 4.89. The van der Waals surface area contributed by atoms with Gasteiger partial charge in [0.05, 0.1) is 12.0 Å². The molecule has 7 nitrogen and oxygen atoms in total. The fourth-order valence-electron chi connectivity index (χ4n) is 1.42. The third kappa shape index (κ3) is 6.19. The highest BCUT2D eigenvalue weighted by atomic mass is 32.1. The number of thiocarbonyl (C=S) groups is 2.